The SMILES string of the molecule is CC(C)[C@H]1CCC[C@H]1CSc1ccccc1. The Morgan fingerprint density at radius 3 is 2.62 bits per heavy atom. The van der Waals surface area contributed by atoms with Gasteiger partial charge in [0.2, 0.25) is 0 Å². The highest BCUT2D eigenvalue weighted by atomic mass is 32.2. The predicted molar refractivity (Wildman–Crippen MR) is 72.8 cm³/mol. The van der Waals surface area contributed by atoms with Crippen LogP contribution in [-0.4, -0.2) is 5.75 Å². The van der Waals surface area contributed by atoms with Crippen molar-refractivity contribution in [3.05, 3.63) is 30.3 Å². The van der Waals surface area contributed by atoms with E-state index in [0.29, 0.717) is 0 Å². The second-order valence-electron chi connectivity index (χ2n) is 5.22. The van der Waals surface area contributed by atoms with Crippen molar-refractivity contribution in [1.82, 2.24) is 0 Å². The molecule has 1 aliphatic rings. The highest BCUT2D eigenvalue weighted by molar-refractivity contribution is 7.99. The topological polar surface area (TPSA) is 0 Å². The summed E-state index contributed by atoms with van der Waals surface area (Å²) >= 11 is 2.04. The van der Waals surface area contributed by atoms with Crippen LogP contribution in [0, 0.1) is 17.8 Å². The molecule has 0 bridgehead atoms. The lowest BCUT2D eigenvalue weighted by atomic mass is 9.87. The van der Waals surface area contributed by atoms with E-state index in [9.17, 15) is 0 Å². The van der Waals surface area contributed by atoms with Crippen LogP contribution in [0.5, 0.6) is 0 Å². The zero-order valence-electron chi connectivity index (χ0n) is 10.4. The molecule has 1 aliphatic carbocycles. The molecular weight excluding hydrogens is 212 g/mol. The van der Waals surface area contributed by atoms with Gasteiger partial charge >= 0.3 is 0 Å². The minimum Gasteiger partial charge on any atom is -0.126 e. The number of benzene rings is 1. The van der Waals surface area contributed by atoms with Crippen molar-refractivity contribution in [1.29, 1.82) is 0 Å². The van der Waals surface area contributed by atoms with E-state index in [1.54, 1.807) is 0 Å². The molecule has 0 amide bonds. The lowest BCUT2D eigenvalue weighted by molar-refractivity contribution is 0.319. The van der Waals surface area contributed by atoms with Crippen molar-refractivity contribution in [3.8, 4) is 0 Å². The third-order valence-electron chi connectivity index (χ3n) is 3.78. The smallest absolute Gasteiger partial charge is 0.00720 e. The average Bonchev–Trinajstić information content (AvgIpc) is 2.76. The van der Waals surface area contributed by atoms with Crippen molar-refractivity contribution in [2.45, 2.75) is 38.0 Å². The predicted octanol–water partition coefficient (Wildman–Crippen LogP) is 4.85. The van der Waals surface area contributed by atoms with E-state index in [2.05, 4.69) is 44.2 Å². The average molecular weight is 234 g/mol. The molecule has 0 unspecified atom stereocenters. The molecule has 0 nitrogen and oxygen atoms in total. The molecular formula is C15H22S. The quantitative estimate of drug-likeness (QED) is 0.671. The lowest BCUT2D eigenvalue weighted by Crippen LogP contribution is -2.16. The van der Waals surface area contributed by atoms with Gasteiger partial charge in [0.25, 0.3) is 0 Å². The molecule has 0 radical (unpaired) electrons. The zero-order chi connectivity index (χ0) is 11.4. The summed E-state index contributed by atoms with van der Waals surface area (Å²) in [5.41, 5.74) is 0. The maximum Gasteiger partial charge on any atom is 0.00720 e. The molecule has 1 aromatic rings. The summed E-state index contributed by atoms with van der Waals surface area (Å²) in [6.45, 7) is 4.77. The number of hydrogen-bond acceptors (Lipinski definition) is 1. The molecule has 0 aliphatic heterocycles. The normalized spacial score (nSPS) is 25.2. The van der Waals surface area contributed by atoms with E-state index in [1.807, 2.05) is 11.8 Å². The highest BCUT2D eigenvalue weighted by Crippen LogP contribution is 2.39. The van der Waals surface area contributed by atoms with Gasteiger partial charge in [0.1, 0.15) is 0 Å². The molecule has 0 heterocycles. The Balaban J connectivity index is 1.86. The van der Waals surface area contributed by atoms with Crippen molar-refractivity contribution >= 4 is 11.8 Å². The van der Waals surface area contributed by atoms with E-state index >= 15 is 0 Å². The number of rotatable bonds is 4. The lowest BCUT2D eigenvalue weighted by Gasteiger charge is -2.22. The Morgan fingerprint density at radius 2 is 1.94 bits per heavy atom. The zero-order valence-corrected chi connectivity index (χ0v) is 11.2. The first-order valence-corrected chi connectivity index (χ1v) is 7.44. The van der Waals surface area contributed by atoms with Gasteiger partial charge in [0.05, 0.1) is 0 Å². The second kappa shape index (κ2) is 5.77. The molecule has 0 spiro atoms. The van der Waals surface area contributed by atoms with Crippen LogP contribution in [0.15, 0.2) is 35.2 Å². The first kappa shape index (κ1) is 12.0. The van der Waals surface area contributed by atoms with Crippen molar-refractivity contribution < 1.29 is 0 Å². The summed E-state index contributed by atoms with van der Waals surface area (Å²) in [6, 6.07) is 10.8. The van der Waals surface area contributed by atoms with Gasteiger partial charge in [-0.3, -0.25) is 0 Å². The summed E-state index contributed by atoms with van der Waals surface area (Å²) in [5.74, 6) is 4.10. The minimum absolute atomic E-state index is 0.865. The number of hydrogen-bond donors (Lipinski definition) is 0. The Labute approximate surface area is 104 Å². The summed E-state index contributed by atoms with van der Waals surface area (Å²) in [5, 5.41) is 0. The minimum atomic E-state index is 0.865. The molecule has 2 rings (SSSR count). The molecule has 2 atom stereocenters. The van der Waals surface area contributed by atoms with Crippen LogP contribution >= 0.6 is 11.8 Å². The Morgan fingerprint density at radius 1 is 1.19 bits per heavy atom. The fraction of sp³-hybridized carbons (Fsp3) is 0.600. The van der Waals surface area contributed by atoms with Crippen molar-refractivity contribution in [2.24, 2.45) is 17.8 Å². The molecule has 1 saturated carbocycles. The summed E-state index contributed by atoms with van der Waals surface area (Å²) < 4.78 is 0. The molecule has 0 N–H and O–H groups in total. The van der Waals surface area contributed by atoms with Gasteiger partial charge in [-0.05, 0) is 42.7 Å². The molecule has 1 heteroatoms. The summed E-state index contributed by atoms with van der Waals surface area (Å²) in [7, 11) is 0. The third-order valence-corrected chi connectivity index (χ3v) is 4.98. The van der Waals surface area contributed by atoms with E-state index < -0.39 is 0 Å². The van der Waals surface area contributed by atoms with Crippen molar-refractivity contribution in [2.75, 3.05) is 5.75 Å². The second-order valence-corrected chi connectivity index (χ2v) is 6.32. The molecule has 1 aromatic carbocycles. The Kier molecular flexibility index (Phi) is 4.34. The van der Waals surface area contributed by atoms with E-state index in [1.165, 1.54) is 29.9 Å². The van der Waals surface area contributed by atoms with E-state index in [4.69, 9.17) is 0 Å². The number of thioether (sulfide) groups is 1. The van der Waals surface area contributed by atoms with Gasteiger partial charge in [-0.25, -0.2) is 0 Å². The first-order valence-electron chi connectivity index (χ1n) is 6.45. The molecule has 16 heavy (non-hydrogen) atoms. The first-order chi connectivity index (χ1) is 7.77. The van der Waals surface area contributed by atoms with Gasteiger partial charge in [-0.15, -0.1) is 11.8 Å². The van der Waals surface area contributed by atoms with Crippen LogP contribution in [0.4, 0.5) is 0 Å². The van der Waals surface area contributed by atoms with Crippen LogP contribution < -0.4 is 0 Å². The Bertz CT molecular complexity index is 304. The third kappa shape index (κ3) is 3.04. The largest absolute Gasteiger partial charge is 0.126 e. The van der Waals surface area contributed by atoms with Crippen LogP contribution in [0.25, 0.3) is 0 Å². The summed E-state index contributed by atoms with van der Waals surface area (Å²) in [6.07, 6.45) is 4.35. The van der Waals surface area contributed by atoms with Gasteiger partial charge in [0.15, 0.2) is 0 Å². The fourth-order valence-corrected chi connectivity index (χ4v) is 4.04. The maximum absolute atomic E-state index is 2.39. The van der Waals surface area contributed by atoms with Gasteiger partial charge in [-0.2, -0.15) is 0 Å². The molecule has 88 valence electrons. The van der Waals surface area contributed by atoms with Crippen LogP contribution in [0.3, 0.4) is 0 Å². The van der Waals surface area contributed by atoms with E-state index in [-0.39, 0.29) is 0 Å². The van der Waals surface area contributed by atoms with Gasteiger partial charge < -0.3 is 0 Å². The van der Waals surface area contributed by atoms with Gasteiger partial charge in [-0.1, -0.05) is 38.5 Å². The fourth-order valence-electron chi connectivity index (χ4n) is 2.87. The highest BCUT2D eigenvalue weighted by Gasteiger charge is 2.29. The van der Waals surface area contributed by atoms with Crippen molar-refractivity contribution in [3.63, 3.8) is 0 Å². The van der Waals surface area contributed by atoms with Gasteiger partial charge in [0, 0.05) is 10.6 Å². The standard InChI is InChI=1S/C15H22S/c1-12(2)15-10-6-7-13(15)11-16-14-8-4-3-5-9-14/h3-5,8-9,12-13,15H,6-7,10-11H2,1-2H3/t13-,15+/m0/s1. The van der Waals surface area contributed by atoms with Crippen LogP contribution in [0.2, 0.25) is 0 Å². The van der Waals surface area contributed by atoms with Crippen LogP contribution in [0.1, 0.15) is 33.1 Å². The molecule has 0 aromatic heterocycles. The Hall–Kier alpha value is -0.430. The maximum atomic E-state index is 2.39. The summed E-state index contributed by atoms with van der Waals surface area (Å²) in [4.78, 5) is 1.43. The van der Waals surface area contributed by atoms with Crippen LogP contribution in [-0.2, 0) is 0 Å². The monoisotopic (exact) mass is 234 g/mol. The van der Waals surface area contributed by atoms with E-state index in [0.717, 1.165) is 17.8 Å². The molecule has 1 fully saturated rings. The molecule has 0 saturated heterocycles.